The first-order chi connectivity index (χ1) is 9.97. The molecule has 0 fully saturated rings. The van der Waals surface area contributed by atoms with E-state index in [2.05, 4.69) is 10.6 Å². The number of carbonyl (C=O) groups excluding carboxylic acids is 1. The first-order valence-electron chi connectivity index (χ1n) is 6.49. The Hall–Kier alpha value is -2.81. The molecule has 0 heterocycles. The van der Waals surface area contributed by atoms with Gasteiger partial charge in [0.1, 0.15) is 11.6 Å². The lowest BCUT2D eigenvalue weighted by Crippen LogP contribution is -2.22. The highest BCUT2D eigenvalue weighted by atomic mass is 16.4. The molecule has 1 atom stereocenters. The van der Waals surface area contributed by atoms with Gasteiger partial charge >= 0.3 is 5.97 Å². The normalized spacial score (nSPS) is 12.1. The summed E-state index contributed by atoms with van der Waals surface area (Å²) in [4.78, 5) is 22.6. The highest BCUT2D eigenvalue weighted by Gasteiger charge is 2.10. The molecule has 1 amide bonds. The summed E-state index contributed by atoms with van der Waals surface area (Å²) in [6, 6.07) is 7.69. The van der Waals surface area contributed by atoms with E-state index in [9.17, 15) is 9.59 Å². The fraction of sp³-hybridized carbons (Fsp3) is 0.267. The Balaban J connectivity index is 2.74. The highest BCUT2D eigenvalue weighted by Crippen LogP contribution is 2.10. The van der Waals surface area contributed by atoms with Crippen LogP contribution in [0.1, 0.15) is 30.6 Å². The minimum absolute atomic E-state index is 0.0439. The number of amides is 1. The van der Waals surface area contributed by atoms with Crippen LogP contribution in [0.2, 0.25) is 0 Å². The van der Waals surface area contributed by atoms with Crippen molar-refractivity contribution in [1.82, 2.24) is 5.32 Å². The van der Waals surface area contributed by atoms with Crippen molar-refractivity contribution in [3.8, 4) is 6.07 Å². The Kier molecular flexibility index (Phi) is 5.96. The van der Waals surface area contributed by atoms with Gasteiger partial charge in [0, 0.05) is 17.9 Å². The summed E-state index contributed by atoms with van der Waals surface area (Å²) in [6.45, 7) is 3.93. The van der Waals surface area contributed by atoms with Crippen molar-refractivity contribution < 1.29 is 14.7 Å². The zero-order valence-electron chi connectivity index (χ0n) is 11.9. The molecule has 0 saturated heterocycles. The summed E-state index contributed by atoms with van der Waals surface area (Å²) in [5, 5.41) is 23.3. The number of aromatic carboxylic acids is 1. The number of hydrogen-bond donors (Lipinski definition) is 3. The average Bonchev–Trinajstić information content (AvgIpc) is 2.48. The smallest absolute Gasteiger partial charge is 0.335 e. The molecule has 0 saturated carbocycles. The predicted octanol–water partition coefficient (Wildman–Crippen LogP) is 2.12. The molecule has 110 valence electrons. The van der Waals surface area contributed by atoms with Crippen molar-refractivity contribution in [3.05, 3.63) is 41.6 Å². The molecule has 0 spiro atoms. The molecule has 6 nitrogen and oxygen atoms in total. The Labute approximate surface area is 123 Å². The number of carboxylic acid groups (broad SMARTS) is 1. The van der Waals surface area contributed by atoms with Crippen molar-refractivity contribution in [1.29, 1.82) is 5.26 Å². The Morgan fingerprint density at radius 2 is 2.00 bits per heavy atom. The van der Waals surface area contributed by atoms with Gasteiger partial charge in [-0.1, -0.05) is 6.92 Å². The van der Waals surface area contributed by atoms with E-state index in [1.165, 1.54) is 30.5 Å². The van der Waals surface area contributed by atoms with E-state index < -0.39 is 11.9 Å². The molecule has 1 unspecified atom stereocenters. The minimum atomic E-state index is -1.04. The van der Waals surface area contributed by atoms with Gasteiger partial charge in [0.15, 0.2) is 0 Å². The maximum Gasteiger partial charge on any atom is 0.335 e. The fourth-order valence-corrected chi connectivity index (χ4v) is 1.39. The van der Waals surface area contributed by atoms with Crippen molar-refractivity contribution in [2.75, 3.05) is 5.32 Å². The molecule has 6 heteroatoms. The molecule has 1 aromatic carbocycles. The third-order valence-electron chi connectivity index (χ3n) is 2.88. The SMILES string of the molecule is CCC(C)N/C=C(/C#N)C(=O)Nc1ccc(C(=O)O)cc1. The minimum Gasteiger partial charge on any atom is -0.478 e. The Bertz CT molecular complexity index is 585. The van der Waals surface area contributed by atoms with Crippen LogP contribution in [-0.2, 0) is 4.79 Å². The van der Waals surface area contributed by atoms with Gasteiger partial charge in [0.25, 0.3) is 5.91 Å². The number of nitrogens with one attached hydrogen (secondary N) is 2. The fourth-order valence-electron chi connectivity index (χ4n) is 1.39. The lowest BCUT2D eigenvalue weighted by atomic mass is 10.2. The first kappa shape index (κ1) is 16.2. The maximum atomic E-state index is 11.9. The lowest BCUT2D eigenvalue weighted by Gasteiger charge is -2.09. The van der Waals surface area contributed by atoms with Gasteiger partial charge in [0.2, 0.25) is 0 Å². The molecular formula is C15H17N3O3. The van der Waals surface area contributed by atoms with Crippen molar-refractivity contribution in [3.63, 3.8) is 0 Å². The molecule has 0 aliphatic carbocycles. The van der Waals surface area contributed by atoms with Crippen LogP contribution in [0, 0.1) is 11.3 Å². The van der Waals surface area contributed by atoms with E-state index in [0.29, 0.717) is 5.69 Å². The second-order valence-corrected chi connectivity index (χ2v) is 4.48. The molecule has 0 bridgehead atoms. The van der Waals surface area contributed by atoms with E-state index in [1.54, 1.807) is 0 Å². The number of hydrogen-bond acceptors (Lipinski definition) is 4. The molecule has 21 heavy (non-hydrogen) atoms. The summed E-state index contributed by atoms with van der Waals surface area (Å²) < 4.78 is 0. The molecule has 1 rings (SSSR count). The Morgan fingerprint density at radius 3 is 2.48 bits per heavy atom. The zero-order chi connectivity index (χ0) is 15.8. The Morgan fingerprint density at radius 1 is 1.38 bits per heavy atom. The number of carbonyl (C=O) groups is 2. The molecule has 3 N–H and O–H groups in total. The first-order valence-corrected chi connectivity index (χ1v) is 6.49. The van der Waals surface area contributed by atoms with Crippen LogP contribution in [0.15, 0.2) is 36.0 Å². The summed E-state index contributed by atoms with van der Waals surface area (Å²) in [7, 11) is 0. The van der Waals surface area contributed by atoms with E-state index in [0.717, 1.165) is 6.42 Å². The van der Waals surface area contributed by atoms with Crippen LogP contribution in [0.3, 0.4) is 0 Å². The van der Waals surface area contributed by atoms with Gasteiger partial charge in [-0.15, -0.1) is 0 Å². The summed E-state index contributed by atoms with van der Waals surface area (Å²) in [6.07, 6.45) is 2.25. The third-order valence-corrected chi connectivity index (χ3v) is 2.88. The van der Waals surface area contributed by atoms with Gasteiger partial charge < -0.3 is 15.7 Å². The van der Waals surface area contributed by atoms with Gasteiger partial charge in [-0.3, -0.25) is 4.79 Å². The summed E-state index contributed by atoms with van der Waals surface area (Å²) in [5.41, 5.74) is 0.509. The van der Waals surface area contributed by atoms with Crippen LogP contribution >= 0.6 is 0 Å². The van der Waals surface area contributed by atoms with Crippen LogP contribution in [0.5, 0.6) is 0 Å². The molecule has 0 radical (unpaired) electrons. The lowest BCUT2D eigenvalue weighted by molar-refractivity contribution is -0.112. The number of rotatable bonds is 6. The molecule has 1 aromatic rings. The monoisotopic (exact) mass is 287 g/mol. The van der Waals surface area contributed by atoms with Crippen molar-refractivity contribution in [2.24, 2.45) is 0 Å². The second-order valence-electron chi connectivity index (χ2n) is 4.48. The number of benzene rings is 1. The second kappa shape index (κ2) is 7.70. The van der Waals surface area contributed by atoms with Crippen LogP contribution in [0.25, 0.3) is 0 Å². The molecule has 0 aliphatic heterocycles. The number of nitriles is 1. The number of carboxylic acids is 1. The van der Waals surface area contributed by atoms with E-state index in [-0.39, 0.29) is 17.2 Å². The summed E-state index contributed by atoms with van der Waals surface area (Å²) in [5.74, 6) is -1.58. The quantitative estimate of drug-likeness (QED) is 0.549. The summed E-state index contributed by atoms with van der Waals surface area (Å²) >= 11 is 0. The predicted molar refractivity (Wildman–Crippen MR) is 78.6 cm³/mol. The van der Waals surface area contributed by atoms with Crippen LogP contribution in [-0.4, -0.2) is 23.0 Å². The largest absolute Gasteiger partial charge is 0.478 e. The van der Waals surface area contributed by atoms with E-state index in [1.807, 2.05) is 19.9 Å². The molecular weight excluding hydrogens is 270 g/mol. The van der Waals surface area contributed by atoms with E-state index in [4.69, 9.17) is 10.4 Å². The molecule has 0 aliphatic rings. The average molecular weight is 287 g/mol. The number of nitrogens with zero attached hydrogens (tertiary/aromatic N) is 1. The zero-order valence-corrected chi connectivity index (χ0v) is 11.9. The maximum absolute atomic E-state index is 11.9. The van der Waals surface area contributed by atoms with Gasteiger partial charge in [-0.05, 0) is 37.6 Å². The van der Waals surface area contributed by atoms with Crippen molar-refractivity contribution >= 4 is 17.6 Å². The van der Waals surface area contributed by atoms with Crippen LogP contribution in [0.4, 0.5) is 5.69 Å². The standard InChI is InChI=1S/C15H17N3O3/c1-3-10(2)17-9-12(8-16)14(19)18-13-6-4-11(5-7-13)15(20)21/h4-7,9-10,17H,3H2,1-2H3,(H,18,19)(H,20,21)/b12-9-. The van der Waals surface area contributed by atoms with Gasteiger partial charge in [0.05, 0.1) is 5.56 Å². The van der Waals surface area contributed by atoms with Gasteiger partial charge in [-0.25, -0.2) is 4.79 Å². The van der Waals surface area contributed by atoms with Gasteiger partial charge in [-0.2, -0.15) is 5.26 Å². The number of anilines is 1. The van der Waals surface area contributed by atoms with Crippen molar-refractivity contribution in [2.45, 2.75) is 26.3 Å². The van der Waals surface area contributed by atoms with E-state index >= 15 is 0 Å². The topological polar surface area (TPSA) is 102 Å². The highest BCUT2D eigenvalue weighted by molar-refractivity contribution is 6.06. The van der Waals surface area contributed by atoms with Crippen LogP contribution < -0.4 is 10.6 Å². The third kappa shape index (κ3) is 4.99. The molecule has 0 aromatic heterocycles.